The zero-order valence-corrected chi connectivity index (χ0v) is 8.69. The largest absolute Gasteiger partial charge is 0.493 e. The molecular weight excluding hydrogens is 180 g/mol. The molecule has 1 aromatic heterocycles. The molecule has 0 aliphatic carbocycles. The van der Waals surface area contributed by atoms with Crippen LogP contribution in [0.25, 0.3) is 0 Å². The number of hydrogen-bond acceptors (Lipinski definition) is 3. The highest BCUT2D eigenvalue weighted by atomic mass is 16.6. The number of nitrogens with zero attached hydrogens (tertiary/aromatic N) is 2. The minimum atomic E-state index is 0.385. The third kappa shape index (κ3) is 1.90. The van der Waals surface area contributed by atoms with E-state index in [0.717, 1.165) is 37.4 Å². The lowest BCUT2D eigenvalue weighted by molar-refractivity contribution is 0.383. The van der Waals surface area contributed by atoms with Gasteiger partial charge in [-0.15, -0.1) is 0 Å². The summed E-state index contributed by atoms with van der Waals surface area (Å²) in [5, 5.41) is 4.29. The lowest BCUT2D eigenvalue weighted by atomic mass is 10.2. The lowest BCUT2D eigenvalue weighted by Gasteiger charge is -2.06. The molecular formula is C10H16N2O2. The number of rotatable bonds is 5. The molecule has 0 spiro atoms. The van der Waals surface area contributed by atoms with E-state index in [1.54, 1.807) is 13.3 Å². The molecule has 1 unspecified atom stereocenters. The Kier molecular flexibility index (Phi) is 2.72. The van der Waals surface area contributed by atoms with Crippen LogP contribution in [0, 0.1) is 0 Å². The molecule has 4 nitrogen and oxygen atoms in total. The van der Waals surface area contributed by atoms with Crippen molar-refractivity contribution in [1.82, 2.24) is 9.78 Å². The van der Waals surface area contributed by atoms with E-state index in [9.17, 15) is 0 Å². The lowest BCUT2D eigenvalue weighted by Crippen LogP contribution is -2.07. The van der Waals surface area contributed by atoms with Gasteiger partial charge in [0, 0.05) is 13.0 Å². The van der Waals surface area contributed by atoms with Gasteiger partial charge in [0.05, 0.1) is 31.7 Å². The molecule has 1 saturated heterocycles. The molecule has 1 aliphatic rings. The van der Waals surface area contributed by atoms with Crippen molar-refractivity contribution in [2.45, 2.75) is 32.4 Å². The van der Waals surface area contributed by atoms with Crippen molar-refractivity contribution >= 4 is 0 Å². The fourth-order valence-electron chi connectivity index (χ4n) is 1.58. The van der Waals surface area contributed by atoms with E-state index in [4.69, 9.17) is 9.47 Å². The number of epoxide rings is 1. The van der Waals surface area contributed by atoms with Crippen LogP contribution in [0.2, 0.25) is 0 Å². The molecule has 1 aromatic rings. The van der Waals surface area contributed by atoms with Crippen LogP contribution < -0.4 is 4.74 Å². The van der Waals surface area contributed by atoms with Crippen molar-refractivity contribution < 1.29 is 9.47 Å². The topological polar surface area (TPSA) is 39.6 Å². The van der Waals surface area contributed by atoms with E-state index in [1.165, 1.54) is 0 Å². The van der Waals surface area contributed by atoms with Gasteiger partial charge in [0.15, 0.2) is 5.75 Å². The number of hydrogen-bond donors (Lipinski definition) is 0. The zero-order valence-electron chi connectivity index (χ0n) is 8.69. The summed E-state index contributed by atoms with van der Waals surface area (Å²) in [6, 6.07) is 0. The van der Waals surface area contributed by atoms with E-state index >= 15 is 0 Å². The number of methoxy groups -OCH3 is 1. The van der Waals surface area contributed by atoms with Crippen LogP contribution in [0.3, 0.4) is 0 Å². The maximum absolute atomic E-state index is 5.26. The first-order chi connectivity index (χ1) is 6.85. The summed E-state index contributed by atoms with van der Waals surface area (Å²) in [5.41, 5.74) is 1.16. The predicted octanol–water partition coefficient (Wildman–Crippen LogP) is 1.24. The first-order valence-corrected chi connectivity index (χ1v) is 5.05. The minimum absolute atomic E-state index is 0.385. The molecule has 4 heteroatoms. The average molecular weight is 196 g/mol. The Morgan fingerprint density at radius 3 is 3.07 bits per heavy atom. The van der Waals surface area contributed by atoms with Crippen LogP contribution in [0.15, 0.2) is 6.20 Å². The van der Waals surface area contributed by atoms with Gasteiger partial charge in [-0.1, -0.05) is 6.92 Å². The molecule has 1 aliphatic heterocycles. The third-order valence-electron chi connectivity index (χ3n) is 2.39. The summed E-state index contributed by atoms with van der Waals surface area (Å²) in [6.07, 6.45) is 4.18. The molecule has 2 heterocycles. The smallest absolute Gasteiger partial charge is 0.160 e. The van der Waals surface area contributed by atoms with Gasteiger partial charge >= 0.3 is 0 Å². The molecule has 0 radical (unpaired) electrons. The normalized spacial score (nSPS) is 19.7. The Morgan fingerprint density at radius 1 is 1.71 bits per heavy atom. The third-order valence-corrected chi connectivity index (χ3v) is 2.39. The summed E-state index contributed by atoms with van der Waals surface area (Å²) < 4.78 is 12.5. The number of ether oxygens (including phenoxy) is 2. The van der Waals surface area contributed by atoms with E-state index in [2.05, 4.69) is 12.0 Å². The van der Waals surface area contributed by atoms with Crippen LogP contribution in [0.4, 0.5) is 0 Å². The Labute approximate surface area is 83.8 Å². The fourth-order valence-corrected chi connectivity index (χ4v) is 1.58. The molecule has 1 fully saturated rings. The Hall–Kier alpha value is -1.03. The highest BCUT2D eigenvalue weighted by molar-refractivity contribution is 5.26. The molecule has 2 rings (SSSR count). The fraction of sp³-hybridized carbons (Fsp3) is 0.700. The summed E-state index contributed by atoms with van der Waals surface area (Å²) >= 11 is 0. The summed E-state index contributed by atoms with van der Waals surface area (Å²) in [5.74, 6) is 0.883. The van der Waals surface area contributed by atoms with Crippen LogP contribution in [0.1, 0.15) is 19.0 Å². The van der Waals surface area contributed by atoms with E-state index < -0.39 is 0 Å². The first kappa shape index (κ1) is 9.52. The summed E-state index contributed by atoms with van der Waals surface area (Å²) in [6.45, 7) is 3.97. The molecule has 0 saturated carbocycles. The van der Waals surface area contributed by atoms with Crippen molar-refractivity contribution in [2.75, 3.05) is 13.7 Å². The average Bonchev–Trinajstić information content (AvgIpc) is 2.91. The molecule has 1 atom stereocenters. The maximum atomic E-state index is 5.26. The van der Waals surface area contributed by atoms with Crippen molar-refractivity contribution in [3.8, 4) is 5.75 Å². The first-order valence-electron chi connectivity index (χ1n) is 5.05. The Bertz CT molecular complexity index is 305. The predicted molar refractivity (Wildman–Crippen MR) is 52.5 cm³/mol. The van der Waals surface area contributed by atoms with E-state index in [0.29, 0.717) is 6.10 Å². The van der Waals surface area contributed by atoms with Gasteiger partial charge in [0.2, 0.25) is 0 Å². The van der Waals surface area contributed by atoms with Crippen molar-refractivity contribution in [1.29, 1.82) is 0 Å². The Morgan fingerprint density at radius 2 is 2.50 bits per heavy atom. The highest BCUT2D eigenvalue weighted by Crippen LogP contribution is 2.24. The van der Waals surface area contributed by atoms with Gasteiger partial charge < -0.3 is 9.47 Å². The second-order valence-electron chi connectivity index (χ2n) is 3.54. The molecule has 0 bridgehead atoms. The van der Waals surface area contributed by atoms with E-state index in [1.807, 2.05) is 4.68 Å². The second kappa shape index (κ2) is 4.00. The van der Waals surface area contributed by atoms with Gasteiger partial charge in [-0.3, -0.25) is 4.68 Å². The second-order valence-corrected chi connectivity index (χ2v) is 3.54. The van der Waals surface area contributed by atoms with E-state index in [-0.39, 0.29) is 0 Å². The van der Waals surface area contributed by atoms with Crippen LogP contribution >= 0.6 is 0 Å². The highest BCUT2D eigenvalue weighted by Gasteiger charge is 2.26. The van der Waals surface area contributed by atoms with Crippen molar-refractivity contribution in [2.24, 2.45) is 0 Å². The minimum Gasteiger partial charge on any atom is -0.493 e. The molecule has 0 amide bonds. The van der Waals surface area contributed by atoms with Gasteiger partial charge in [-0.25, -0.2) is 0 Å². The van der Waals surface area contributed by atoms with Gasteiger partial charge in [-0.05, 0) is 6.42 Å². The molecule has 14 heavy (non-hydrogen) atoms. The van der Waals surface area contributed by atoms with Gasteiger partial charge in [-0.2, -0.15) is 5.10 Å². The van der Waals surface area contributed by atoms with Crippen LogP contribution in [-0.4, -0.2) is 29.6 Å². The summed E-state index contributed by atoms with van der Waals surface area (Å²) in [4.78, 5) is 0. The molecule has 78 valence electrons. The number of aryl methyl sites for hydroxylation is 1. The van der Waals surface area contributed by atoms with Crippen LogP contribution in [0.5, 0.6) is 5.75 Å². The van der Waals surface area contributed by atoms with Gasteiger partial charge in [0.1, 0.15) is 0 Å². The molecule has 0 N–H and O–H groups in total. The maximum Gasteiger partial charge on any atom is 0.160 e. The van der Waals surface area contributed by atoms with Crippen molar-refractivity contribution in [3.63, 3.8) is 0 Å². The standard InChI is InChI=1S/C10H16N2O2/c1-3-4-12-9(5-8-7-14-8)10(13-2)6-11-12/h6,8H,3-5,7H2,1-2H3. The quantitative estimate of drug-likeness (QED) is 0.665. The molecule has 0 aromatic carbocycles. The summed E-state index contributed by atoms with van der Waals surface area (Å²) in [7, 11) is 1.69. The van der Waals surface area contributed by atoms with Crippen molar-refractivity contribution in [3.05, 3.63) is 11.9 Å². The monoisotopic (exact) mass is 196 g/mol. The number of aromatic nitrogens is 2. The zero-order chi connectivity index (χ0) is 9.97. The van der Waals surface area contributed by atoms with Crippen LogP contribution in [-0.2, 0) is 17.7 Å². The Balaban J connectivity index is 2.15. The van der Waals surface area contributed by atoms with Gasteiger partial charge in [0.25, 0.3) is 0 Å². The SMILES string of the molecule is CCCn1ncc(OC)c1CC1CO1.